The van der Waals surface area contributed by atoms with E-state index in [4.69, 9.17) is 5.73 Å². The average Bonchev–Trinajstić information content (AvgIpc) is 2.13. The highest BCUT2D eigenvalue weighted by Crippen LogP contribution is 2.04. The second-order valence-corrected chi connectivity index (χ2v) is 3.72. The van der Waals surface area contributed by atoms with Gasteiger partial charge in [-0.1, -0.05) is 13.8 Å². The maximum Gasteiger partial charge on any atom is 0.220 e. The molecule has 82 valence electrons. The summed E-state index contributed by atoms with van der Waals surface area (Å²) in [5.41, 5.74) is 5.08. The molecule has 2 atom stereocenters. The van der Waals surface area contributed by atoms with E-state index in [9.17, 15) is 9.59 Å². The van der Waals surface area contributed by atoms with Crippen molar-refractivity contribution in [3.63, 3.8) is 0 Å². The van der Waals surface area contributed by atoms with Crippen LogP contribution < -0.4 is 11.1 Å². The molecule has 0 aliphatic carbocycles. The summed E-state index contributed by atoms with van der Waals surface area (Å²) < 4.78 is 0. The van der Waals surface area contributed by atoms with E-state index in [-0.39, 0.29) is 23.8 Å². The van der Waals surface area contributed by atoms with Crippen molar-refractivity contribution < 1.29 is 9.59 Å². The van der Waals surface area contributed by atoms with Gasteiger partial charge in [-0.2, -0.15) is 0 Å². The van der Waals surface area contributed by atoms with Crippen LogP contribution in [-0.4, -0.2) is 17.9 Å². The third-order valence-electron chi connectivity index (χ3n) is 2.31. The van der Waals surface area contributed by atoms with Gasteiger partial charge in [0.1, 0.15) is 0 Å². The van der Waals surface area contributed by atoms with E-state index in [0.717, 1.165) is 6.42 Å². The summed E-state index contributed by atoms with van der Waals surface area (Å²) in [5, 5.41) is 2.83. The molecule has 4 heteroatoms. The Labute approximate surface area is 85.2 Å². The third kappa shape index (κ3) is 5.56. The molecule has 0 saturated carbocycles. The summed E-state index contributed by atoms with van der Waals surface area (Å²) in [4.78, 5) is 22.0. The molecule has 0 aromatic rings. The molecule has 0 aliphatic heterocycles. The van der Waals surface area contributed by atoms with Crippen LogP contribution in [0.25, 0.3) is 0 Å². The van der Waals surface area contributed by atoms with Crippen molar-refractivity contribution in [2.24, 2.45) is 11.7 Å². The summed E-state index contributed by atoms with van der Waals surface area (Å²) in [6.45, 7) is 5.70. The summed E-state index contributed by atoms with van der Waals surface area (Å²) >= 11 is 0. The molecule has 0 heterocycles. The molecule has 0 rings (SSSR count). The first kappa shape index (κ1) is 12.9. The smallest absolute Gasteiger partial charge is 0.220 e. The monoisotopic (exact) mass is 200 g/mol. The molecule has 2 amide bonds. The van der Waals surface area contributed by atoms with Crippen molar-refractivity contribution in [2.75, 3.05) is 0 Å². The highest BCUT2D eigenvalue weighted by Gasteiger charge is 2.11. The number of nitrogens with one attached hydrogen (secondary N) is 1. The van der Waals surface area contributed by atoms with Gasteiger partial charge >= 0.3 is 0 Å². The first-order valence-electron chi connectivity index (χ1n) is 5.06. The Kier molecular flexibility index (Phi) is 5.92. The number of amides is 2. The molecule has 4 nitrogen and oxygen atoms in total. The quantitative estimate of drug-likeness (QED) is 0.665. The van der Waals surface area contributed by atoms with Crippen molar-refractivity contribution in [3.8, 4) is 0 Å². The van der Waals surface area contributed by atoms with E-state index < -0.39 is 0 Å². The minimum atomic E-state index is -0.346. The molecule has 0 bridgehead atoms. The summed E-state index contributed by atoms with van der Waals surface area (Å²) in [5.74, 6) is -0.577. The van der Waals surface area contributed by atoms with Gasteiger partial charge in [-0.3, -0.25) is 9.59 Å². The van der Waals surface area contributed by atoms with E-state index >= 15 is 0 Å². The van der Waals surface area contributed by atoms with E-state index in [1.54, 1.807) is 6.92 Å². The molecule has 14 heavy (non-hydrogen) atoms. The molecular weight excluding hydrogens is 180 g/mol. The lowest BCUT2D eigenvalue weighted by Crippen LogP contribution is -2.32. The molecule has 1 unspecified atom stereocenters. The predicted molar refractivity (Wildman–Crippen MR) is 55.5 cm³/mol. The molecule has 3 N–H and O–H groups in total. The van der Waals surface area contributed by atoms with Crippen molar-refractivity contribution >= 4 is 11.8 Å². The lowest BCUT2D eigenvalue weighted by molar-refractivity contribution is -0.123. The first-order chi connectivity index (χ1) is 6.47. The van der Waals surface area contributed by atoms with Crippen LogP contribution in [0.5, 0.6) is 0 Å². The van der Waals surface area contributed by atoms with E-state index in [1.807, 2.05) is 13.8 Å². The van der Waals surface area contributed by atoms with Gasteiger partial charge in [0.25, 0.3) is 0 Å². The fourth-order valence-corrected chi connectivity index (χ4v) is 0.939. The van der Waals surface area contributed by atoms with Gasteiger partial charge in [-0.15, -0.1) is 0 Å². The molecular formula is C10H20N2O2. The van der Waals surface area contributed by atoms with Crippen LogP contribution >= 0.6 is 0 Å². The lowest BCUT2D eigenvalue weighted by Gasteiger charge is -2.12. The zero-order valence-corrected chi connectivity index (χ0v) is 9.17. The standard InChI is InChI=1S/C10H20N2O2/c1-4-8(3)12-9(13)6-5-7(2)10(11)14/h7-8H,4-6H2,1-3H3,(H2,11,14)(H,12,13)/t7?,8-/m0/s1. The maximum absolute atomic E-state index is 11.3. The Bertz CT molecular complexity index is 204. The second-order valence-electron chi connectivity index (χ2n) is 3.72. The highest BCUT2D eigenvalue weighted by molar-refractivity contribution is 5.79. The Morgan fingerprint density at radius 2 is 1.93 bits per heavy atom. The summed E-state index contributed by atoms with van der Waals surface area (Å²) in [7, 11) is 0. The number of carbonyl (C=O) groups is 2. The number of carbonyl (C=O) groups excluding carboxylic acids is 2. The van der Waals surface area contributed by atoms with Crippen LogP contribution in [0, 0.1) is 5.92 Å². The van der Waals surface area contributed by atoms with Gasteiger partial charge in [0.2, 0.25) is 11.8 Å². The molecule has 0 spiro atoms. The van der Waals surface area contributed by atoms with Crippen LogP contribution in [0.3, 0.4) is 0 Å². The van der Waals surface area contributed by atoms with E-state index in [1.165, 1.54) is 0 Å². The van der Waals surface area contributed by atoms with E-state index in [2.05, 4.69) is 5.32 Å². The van der Waals surface area contributed by atoms with Crippen molar-refractivity contribution in [3.05, 3.63) is 0 Å². The van der Waals surface area contributed by atoms with Gasteiger partial charge < -0.3 is 11.1 Å². The zero-order valence-electron chi connectivity index (χ0n) is 9.17. The topological polar surface area (TPSA) is 72.2 Å². The van der Waals surface area contributed by atoms with Crippen molar-refractivity contribution in [1.82, 2.24) is 5.32 Å². The Balaban J connectivity index is 3.69. The van der Waals surface area contributed by atoms with Crippen molar-refractivity contribution in [1.29, 1.82) is 0 Å². The normalized spacial score (nSPS) is 14.5. The molecule has 0 radical (unpaired) electrons. The number of hydrogen-bond donors (Lipinski definition) is 2. The third-order valence-corrected chi connectivity index (χ3v) is 2.31. The fraction of sp³-hybridized carbons (Fsp3) is 0.800. The fourth-order valence-electron chi connectivity index (χ4n) is 0.939. The number of hydrogen-bond acceptors (Lipinski definition) is 2. The zero-order chi connectivity index (χ0) is 11.1. The second kappa shape index (κ2) is 6.40. The minimum absolute atomic E-state index is 0.00699. The molecule has 0 aliphatic rings. The lowest BCUT2D eigenvalue weighted by atomic mass is 10.0. The van der Waals surface area contributed by atoms with Gasteiger partial charge in [0, 0.05) is 18.4 Å². The van der Waals surface area contributed by atoms with Gasteiger partial charge in [-0.05, 0) is 19.8 Å². The number of primary amides is 1. The summed E-state index contributed by atoms with van der Waals surface area (Å²) in [6.07, 6.45) is 1.81. The Morgan fingerprint density at radius 1 is 1.36 bits per heavy atom. The Morgan fingerprint density at radius 3 is 2.36 bits per heavy atom. The largest absolute Gasteiger partial charge is 0.369 e. The Hall–Kier alpha value is -1.06. The van der Waals surface area contributed by atoms with Crippen LogP contribution in [-0.2, 0) is 9.59 Å². The van der Waals surface area contributed by atoms with Crippen LogP contribution in [0.15, 0.2) is 0 Å². The van der Waals surface area contributed by atoms with Gasteiger partial charge in [0.15, 0.2) is 0 Å². The highest BCUT2D eigenvalue weighted by atomic mass is 16.2. The van der Waals surface area contributed by atoms with Crippen LogP contribution in [0.4, 0.5) is 0 Å². The first-order valence-corrected chi connectivity index (χ1v) is 5.06. The van der Waals surface area contributed by atoms with Gasteiger partial charge in [-0.25, -0.2) is 0 Å². The van der Waals surface area contributed by atoms with E-state index in [0.29, 0.717) is 12.8 Å². The molecule has 0 fully saturated rings. The average molecular weight is 200 g/mol. The molecule has 0 saturated heterocycles. The number of nitrogens with two attached hydrogens (primary N) is 1. The predicted octanol–water partition coefficient (Wildman–Crippen LogP) is 0.803. The maximum atomic E-state index is 11.3. The molecule has 0 aromatic carbocycles. The SMILES string of the molecule is CC[C@H](C)NC(=O)CCC(C)C(N)=O. The van der Waals surface area contributed by atoms with Crippen LogP contribution in [0.1, 0.15) is 40.0 Å². The number of rotatable bonds is 6. The summed E-state index contributed by atoms with van der Waals surface area (Å²) in [6, 6.07) is 0.200. The molecule has 0 aromatic heterocycles. The van der Waals surface area contributed by atoms with Crippen molar-refractivity contribution in [2.45, 2.75) is 46.1 Å². The van der Waals surface area contributed by atoms with Gasteiger partial charge in [0.05, 0.1) is 0 Å². The van der Waals surface area contributed by atoms with Crippen LogP contribution in [0.2, 0.25) is 0 Å². The minimum Gasteiger partial charge on any atom is -0.369 e.